The molecule has 0 radical (unpaired) electrons. The van der Waals surface area contributed by atoms with Crippen LogP contribution in [-0.4, -0.2) is 5.54 Å². The molecule has 2 heteroatoms. The van der Waals surface area contributed by atoms with Crippen molar-refractivity contribution in [1.29, 1.82) is 0 Å². The van der Waals surface area contributed by atoms with Gasteiger partial charge in [-0.25, -0.2) is 0 Å². The number of halogens is 1. The predicted octanol–water partition coefficient (Wildman–Crippen LogP) is 9.90. The summed E-state index contributed by atoms with van der Waals surface area (Å²) in [6, 6.07) is 0. The van der Waals surface area contributed by atoms with Gasteiger partial charge >= 0.3 is 0 Å². The second-order valence-electron chi connectivity index (χ2n) is 9.27. The Kier molecular flexibility index (Phi) is 25.9. The van der Waals surface area contributed by atoms with E-state index in [0.717, 1.165) is 0 Å². The standard InChI is InChI=1S/C26H55N.BrH/c1-4-7-10-13-16-19-22-25-26(27,23-20-17-14-11-8-5-2)24-21-18-15-12-9-6-3;/h4-25,27H2,1-3H3;1H. The molecule has 2 N–H and O–H groups in total. The number of nitrogens with two attached hydrogens (primary N) is 1. The van der Waals surface area contributed by atoms with E-state index < -0.39 is 0 Å². The Morgan fingerprint density at radius 2 is 0.607 bits per heavy atom. The van der Waals surface area contributed by atoms with Crippen LogP contribution in [0.4, 0.5) is 0 Å². The molecule has 0 saturated carbocycles. The third-order valence-electron chi connectivity index (χ3n) is 6.33. The van der Waals surface area contributed by atoms with E-state index in [4.69, 9.17) is 5.73 Å². The highest BCUT2D eigenvalue weighted by molar-refractivity contribution is 8.93. The van der Waals surface area contributed by atoms with E-state index in [1.165, 1.54) is 141 Å². The second kappa shape index (κ2) is 23.7. The van der Waals surface area contributed by atoms with E-state index in [2.05, 4.69) is 20.8 Å². The molecule has 0 fully saturated rings. The first kappa shape index (κ1) is 30.6. The van der Waals surface area contributed by atoms with Gasteiger partial charge in [-0.05, 0) is 19.3 Å². The average molecular weight is 463 g/mol. The molecule has 0 aliphatic rings. The van der Waals surface area contributed by atoms with Crippen molar-refractivity contribution < 1.29 is 0 Å². The molecule has 0 aliphatic heterocycles. The lowest BCUT2D eigenvalue weighted by Crippen LogP contribution is -2.39. The number of unbranched alkanes of at least 4 members (excludes halogenated alkanes) is 16. The molecule has 0 saturated heterocycles. The van der Waals surface area contributed by atoms with Crippen LogP contribution in [0.3, 0.4) is 0 Å². The maximum atomic E-state index is 6.94. The molecule has 0 unspecified atom stereocenters. The fourth-order valence-corrected chi connectivity index (χ4v) is 4.32. The largest absolute Gasteiger partial charge is 0.325 e. The maximum Gasteiger partial charge on any atom is 0.0154 e. The third kappa shape index (κ3) is 21.2. The van der Waals surface area contributed by atoms with Gasteiger partial charge in [0.25, 0.3) is 0 Å². The van der Waals surface area contributed by atoms with Crippen molar-refractivity contribution in [3.63, 3.8) is 0 Å². The fraction of sp³-hybridized carbons (Fsp3) is 1.00. The van der Waals surface area contributed by atoms with Gasteiger partial charge in [0, 0.05) is 5.54 Å². The molecule has 0 rings (SSSR count). The molecule has 0 amide bonds. The van der Waals surface area contributed by atoms with Crippen molar-refractivity contribution in [2.45, 2.75) is 168 Å². The number of hydrogen-bond donors (Lipinski definition) is 1. The summed E-state index contributed by atoms with van der Waals surface area (Å²) in [6.45, 7) is 6.90. The topological polar surface area (TPSA) is 26.0 Å². The lowest BCUT2D eigenvalue weighted by Gasteiger charge is -2.30. The summed E-state index contributed by atoms with van der Waals surface area (Å²) in [5, 5.41) is 0. The first-order chi connectivity index (χ1) is 13.2. The second-order valence-corrected chi connectivity index (χ2v) is 9.27. The highest BCUT2D eigenvalue weighted by Crippen LogP contribution is 2.27. The Morgan fingerprint density at radius 3 is 0.857 bits per heavy atom. The van der Waals surface area contributed by atoms with Gasteiger partial charge in [-0.15, -0.1) is 17.0 Å². The summed E-state index contributed by atoms with van der Waals surface area (Å²) >= 11 is 0. The van der Waals surface area contributed by atoms with Crippen molar-refractivity contribution >= 4 is 17.0 Å². The van der Waals surface area contributed by atoms with Gasteiger partial charge in [0.2, 0.25) is 0 Å². The molecular weight excluding hydrogens is 406 g/mol. The Morgan fingerprint density at radius 1 is 0.393 bits per heavy atom. The summed E-state index contributed by atoms with van der Waals surface area (Å²) in [5.74, 6) is 0. The van der Waals surface area contributed by atoms with Crippen LogP contribution < -0.4 is 5.73 Å². The van der Waals surface area contributed by atoms with E-state index in [0.29, 0.717) is 0 Å². The predicted molar refractivity (Wildman–Crippen MR) is 136 cm³/mol. The van der Waals surface area contributed by atoms with Crippen molar-refractivity contribution in [1.82, 2.24) is 0 Å². The van der Waals surface area contributed by atoms with Gasteiger partial charge in [0.05, 0.1) is 0 Å². The summed E-state index contributed by atoms with van der Waals surface area (Å²) < 4.78 is 0. The molecule has 0 spiro atoms. The van der Waals surface area contributed by atoms with Crippen LogP contribution in [0.5, 0.6) is 0 Å². The molecule has 0 aromatic carbocycles. The van der Waals surface area contributed by atoms with E-state index in [-0.39, 0.29) is 22.5 Å². The van der Waals surface area contributed by atoms with Crippen LogP contribution in [0.15, 0.2) is 0 Å². The molecule has 0 bridgehead atoms. The van der Waals surface area contributed by atoms with Crippen molar-refractivity contribution in [3.8, 4) is 0 Å². The first-order valence-electron chi connectivity index (χ1n) is 13.0. The van der Waals surface area contributed by atoms with Crippen LogP contribution in [0, 0.1) is 0 Å². The molecule has 1 nitrogen and oxygen atoms in total. The van der Waals surface area contributed by atoms with Crippen LogP contribution in [0.2, 0.25) is 0 Å². The SMILES string of the molecule is Br.CCCCCCCCCC(N)(CCCCCCCC)CCCCCCCC. The normalized spacial score (nSPS) is 11.6. The zero-order valence-corrected chi connectivity index (χ0v) is 21.8. The van der Waals surface area contributed by atoms with Gasteiger partial charge in [0.15, 0.2) is 0 Å². The molecule has 172 valence electrons. The molecular formula is C26H56BrN. The Labute approximate surface area is 190 Å². The molecule has 0 heterocycles. The molecule has 0 aromatic rings. The maximum absolute atomic E-state index is 6.94. The average Bonchev–Trinajstić information content (AvgIpc) is 2.67. The monoisotopic (exact) mass is 461 g/mol. The molecule has 0 aliphatic carbocycles. The van der Waals surface area contributed by atoms with Gasteiger partial charge in [0.1, 0.15) is 0 Å². The minimum atomic E-state index is 0. The third-order valence-corrected chi connectivity index (χ3v) is 6.33. The highest BCUT2D eigenvalue weighted by atomic mass is 79.9. The first-order valence-corrected chi connectivity index (χ1v) is 13.0. The zero-order valence-electron chi connectivity index (χ0n) is 20.0. The molecule has 0 aromatic heterocycles. The smallest absolute Gasteiger partial charge is 0.0154 e. The highest BCUT2D eigenvalue weighted by Gasteiger charge is 2.23. The van der Waals surface area contributed by atoms with E-state index >= 15 is 0 Å². The van der Waals surface area contributed by atoms with Crippen LogP contribution in [-0.2, 0) is 0 Å². The van der Waals surface area contributed by atoms with E-state index in [1.807, 2.05) is 0 Å². The Bertz CT molecular complexity index is 264. The summed E-state index contributed by atoms with van der Waals surface area (Å²) in [5.41, 5.74) is 7.08. The Hall–Kier alpha value is 0.440. The van der Waals surface area contributed by atoms with E-state index in [1.54, 1.807) is 0 Å². The lowest BCUT2D eigenvalue weighted by atomic mass is 9.82. The van der Waals surface area contributed by atoms with Gasteiger partial charge in [-0.1, -0.05) is 143 Å². The van der Waals surface area contributed by atoms with Gasteiger partial charge < -0.3 is 5.73 Å². The van der Waals surface area contributed by atoms with E-state index in [9.17, 15) is 0 Å². The zero-order chi connectivity index (χ0) is 20.1. The van der Waals surface area contributed by atoms with Crippen LogP contribution in [0.25, 0.3) is 0 Å². The van der Waals surface area contributed by atoms with Gasteiger partial charge in [-0.2, -0.15) is 0 Å². The minimum absolute atomic E-state index is 0. The fourth-order valence-electron chi connectivity index (χ4n) is 4.32. The minimum Gasteiger partial charge on any atom is -0.325 e. The summed E-state index contributed by atoms with van der Waals surface area (Å²) in [6.07, 6.45) is 30.3. The molecule has 28 heavy (non-hydrogen) atoms. The Balaban J connectivity index is 0. The van der Waals surface area contributed by atoms with Crippen LogP contribution >= 0.6 is 17.0 Å². The van der Waals surface area contributed by atoms with Crippen LogP contribution in [0.1, 0.15) is 162 Å². The van der Waals surface area contributed by atoms with Crippen molar-refractivity contribution in [3.05, 3.63) is 0 Å². The number of rotatable bonds is 22. The quantitative estimate of drug-likeness (QED) is 0.159. The number of hydrogen-bond acceptors (Lipinski definition) is 1. The van der Waals surface area contributed by atoms with Crippen molar-refractivity contribution in [2.24, 2.45) is 5.73 Å². The summed E-state index contributed by atoms with van der Waals surface area (Å²) in [7, 11) is 0. The van der Waals surface area contributed by atoms with Crippen molar-refractivity contribution in [2.75, 3.05) is 0 Å². The lowest BCUT2D eigenvalue weighted by molar-refractivity contribution is 0.302. The molecule has 0 atom stereocenters. The summed E-state index contributed by atoms with van der Waals surface area (Å²) in [4.78, 5) is 0. The van der Waals surface area contributed by atoms with Gasteiger partial charge in [-0.3, -0.25) is 0 Å².